The number of halogens is 1. The van der Waals surface area contributed by atoms with Gasteiger partial charge >= 0.3 is 0 Å². The van der Waals surface area contributed by atoms with E-state index in [9.17, 15) is 0 Å². The van der Waals surface area contributed by atoms with Crippen molar-refractivity contribution in [3.05, 3.63) is 95.0 Å². The van der Waals surface area contributed by atoms with E-state index in [1.54, 1.807) is 0 Å². The molecule has 0 bridgehead atoms. The number of fused-ring (bicyclic) bond motifs is 1. The Morgan fingerprint density at radius 3 is 2.09 bits per heavy atom. The van der Waals surface area contributed by atoms with Gasteiger partial charge in [0.05, 0.1) is 0 Å². The Kier molecular flexibility index (Phi) is 4.55. The normalized spacial score (nSPS) is 10.3. The zero-order valence-corrected chi connectivity index (χ0v) is 14.0. The molecule has 0 aliphatic carbocycles. The van der Waals surface area contributed by atoms with Crippen LogP contribution in [0.4, 0.5) is 0 Å². The summed E-state index contributed by atoms with van der Waals surface area (Å²) in [5.74, 6) is 0. The molecule has 0 radical (unpaired) electrons. The van der Waals surface area contributed by atoms with E-state index in [0.717, 1.165) is 4.47 Å². The predicted molar refractivity (Wildman–Crippen MR) is 99.4 cm³/mol. The first-order chi connectivity index (χ1) is 10.8. The van der Waals surface area contributed by atoms with Crippen molar-refractivity contribution in [1.82, 2.24) is 0 Å². The summed E-state index contributed by atoms with van der Waals surface area (Å²) in [5, 5.41) is 2.50. The highest BCUT2D eigenvalue weighted by Gasteiger charge is 2.04. The highest BCUT2D eigenvalue weighted by Crippen LogP contribution is 2.32. The molecule has 0 aliphatic rings. The van der Waals surface area contributed by atoms with Gasteiger partial charge in [-0.3, -0.25) is 0 Å². The van der Waals surface area contributed by atoms with Crippen LogP contribution >= 0.6 is 15.9 Å². The van der Waals surface area contributed by atoms with Gasteiger partial charge in [0.2, 0.25) is 0 Å². The van der Waals surface area contributed by atoms with Crippen LogP contribution in [-0.2, 0) is 0 Å². The van der Waals surface area contributed by atoms with Crippen molar-refractivity contribution in [2.24, 2.45) is 0 Å². The Labute approximate surface area is 139 Å². The van der Waals surface area contributed by atoms with Gasteiger partial charge in [0, 0.05) is 4.47 Å². The number of rotatable bonds is 1. The Morgan fingerprint density at radius 1 is 0.591 bits per heavy atom. The van der Waals surface area contributed by atoms with Gasteiger partial charge in [0.15, 0.2) is 0 Å². The summed E-state index contributed by atoms with van der Waals surface area (Å²) in [6.07, 6.45) is 0. The molecule has 0 N–H and O–H groups in total. The molecule has 3 aromatic rings. The third kappa shape index (κ3) is 3.20. The van der Waals surface area contributed by atoms with Gasteiger partial charge < -0.3 is 0 Å². The lowest BCUT2D eigenvalue weighted by molar-refractivity contribution is 1.49. The van der Waals surface area contributed by atoms with Crippen molar-refractivity contribution < 1.29 is 0 Å². The van der Waals surface area contributed by atoms with Gasteiger partial charge in [-0.05, 0) is 34.9 Å². The van der Waals surface area contributed by atoms with E-state index in [1.807, 2.05) is 0 Å². The Hall–Kier alpha value is -2.12. The Balaban J connectivity index is 2.30. The molecule has 0 saturated carbocycles. The highest BCUT2D eigenvalue weighted by atomic mass is 79.9. The first kappa shape index (κ1) is 14.8. The Bertz CT molecular complexity index is 864. The molecule has 22 heavy (non-hydrogen) atoms. The molecule has 0 amide bonds. The van der Waals surface area contributed by atoms with E-state index in [0.29, 0.717) is 0 Å². The van der Waals surface area contributed by atoms with Crippen LogP contribution in [0, 0.1) is 6.92 Å². The van der Waals surface area contributed by atoms with E-state index in [2.05, 4.69) is 108 Å². The topological polar surface area (TPSA) is 0 Å². The highest BCUT2D eigenvalue weighted by molar-refractivity contribution is 9.10. The number of aryl methyl sites for hydroxylation is 1. The predicted octanol–water partition coefficient (Wildman–Crippen LogP) is 6.70. The molecule has 0 nitrogen and oxygen atoms in total. The molecule has 3 aromatic carbocycles. The quantitative estimate of drug-likeness (QED) is 0.458. The van der Waals surface area contributed by atoms with Gasteiger partial charge in [-0.1, -0.05) is 100 Å². The van der Waals surface area contributed by atoms with Crippen molar-refractivity contribution in [2.45, 2.75) is 6.92 Å². The van der Waals surface area contributed by atoms with Crippen LogP contribution in [0.25, 0.3) is 21.9 Å². The molecule has 0 aromatic heterocycles. The standard InChI is InChI=1S/C21H17Br/c1-16-8-4-2-3-5-9-17(13-12-16)18-14-15-21(22)20-11-7-6-10-19(18)20/h2-15H,1H3. The summed E-state index contributed by atoms with van der Waals surface area (Å²) in [6, 6.07) is 29.7. The zero-order chi connectivity index (χ0) is 15.4. The first-order valence-electron chi connectivity index (χ1n) is 7.33. The zero-order valence-electron chi connectivity index (χ0n) is 12.5. The molecule has 0 atom stereocenters. The maximum absolute atomic E-state index is 3.65. The fourth-order valence-corrected chi connectivity index (χ4v) is 3.00. The maximum atomic E-state index is 3.65. The van der Waals surface area contributed by atoms with Crippen molar-refractivity contribution in [3.8, 4) is 11.1 Å². The molecular formula is C21H17Br. The van der Waals surface area contributed by atoms with Crippen LogP contribution in [0.5, 0.6) is 0 Å². The number of hydrogen-bond donors (Lipinski definition) is 0. The summed E-state index contributed by atoms with van der Waals surface area (Å²) in [4.78, 5) is 0. The fraction of sp³-hybridized carbons (Fsp3) is 0.0476. The van der Waals surface area contributed by atoms with Gasteiger partial charge in [0.1, 0.15) is 0 Å². The summed E-state index contributed by atoms with van der Waals surface area (Å²) in [7, 11) is 0. The molecule has 108 valence electrons. The molecule has 0 fully saturated rings. The van der Waals surface area contributed by atoms with Crippen LogP contribution in [0.2, 0.25) is 0 Å². The first-order valence-corrected chi connectivity index (χ1v) is 8.12. The van der Waals surface area contributed by atoms with E-state index in [4.69, 9.17) is 0 Å². The van der Waals surface area contributed by atoms with E-state index >= 15 is 0 Å². The second-order valence-corrected chi connectivity index (χ2v) is 6.13. The number of benzene rings is 2. The fourth-order valence-electron chi connectivity index (χ4n) is 2.52. The average Bonchev–Trinajstić information content (AvgIpc) is 2.55. The van der Waals surface area contributed by atoms with Crippen LogP contribution in [0.1, 0.15) is 5.56 Å². The SMILES string of the molecule is Cc1ccccccc(-c2ccc(Br)c3ccccc23)cc1. The summed E-state index contributed by atoms with van der Waals surface area (Å²) in [6.45, 7) is 2.11. The minimum absolute atomic E-state index is 1.13. The van der Waals surface area contributed by atoms with Crippen LogP contribution in [0.3, 0.4) is 0 Å². The molecule has 0 saturated heterocycles. The monoisotopic (exact) mass is 348 g/mol. The summed E-state index contributed by atoms with van der Waals surface area (Å²) >= 11 is 3.65. The lowest BCUT2D eigenvalue weighted by Gasteiger charge is -2.07. The van der Waals surface area contributed by atoms with E-state index < -0.39 is 0 Å². The largest absolute Gasteiger partial charge is 0.0623 e. The second-order valence-electron chi connectivity index (χ2n) is 5.28. The molecule has 1 heteroatoms. The minimum atomic E-state index is 1.13. The van der Waals surface area contributed by atoms with E-state index in [-0.39, 0.29) is 0 Å². The van der Waals surface area contributed by atoms with E-state index in [1.165, 1.54) is 27.5 Å². The summed E-state index contributed by atoms with van der Waals surface area (Å²) < 4.78 is 1.13. The third-order valence-electron chi connectivity index (χ3n) is 3.68. The molecule has 3 rings (SSSR count). The van der Waals surface area contributed by atoms with Gasteiger partial charge in [0.25, 0.3) is 0 Å². The smallest absolute Gasteiger partial charge is 0.0254 e. The third-order valence-corrected chi connectivity index (χ3v) is 4.37. The molecule has 0 spiro atoms. The lowest BCUT2D eigenvalue weighted by Crippen LogP contribution is -1.81. The maximum Gasteiger partial charge on any atom is 0.0254 e. The minimum Gasteiger partial charge on any atom is -0.0623 e. The second kappa shape index (κ2) is 6.76. The van der Waals surface area contributed by atoms with Crippen LogP contribution in [-0.4, -0.2) is 0 Å². The lowest BCUT2D eigenvalue weighted by atomic mass is 9.99. The van der Waals surface area contributed by atoms with Crippen molar-refractivity contribution in [2.75, 3.05) is 0 Å². The number of hydrogen-bond acceptors (Lipinski definition) is 0. The van der Waals surface area contributed by atoms with Crippen LogP contribution < -0.4 is 0 Å². The molecule has 0 aliphatic heterocycles. The van der Waals surface area contributed by atoms with Gasteiger partial charge in [-0.25, -0.2) is 0 Å². The molecule has 0 unspecified atom stereocenters. The Morgan fingerprint density at radius 2 is 1.27 bits per heavy atom. The van der Waals surface area contributed by atoms with Gasteiger partial charge in [-0.2, -0.15) is 0 Å². The molecular weight excluding hydrogens is 332 g/mol. The van der Waals surface area contributed by atoms with Crippen molar-refractivity contribution >= 4 is 26.7 Å². The average molecular weight is 349 g/mol. The van der Waals surface area contributed by atoms with Crippen LogP contribution in [0.15, 0.2) is 89.4 Å². The van der Waals surface area contributed by atoms with Crippen molar-refractivity contribution in [3.63, 3.8) is 0 Å². The van der Waals surface area contributed by atoms with Crippen molar-refractivity contribution in [1.29, 1.82) is 0 Å². The summed E-state index contributed by atoms with van der Waals surface area (Å²) in [5.41, 5.74) is 3.69. The van der Waals surface area contributed by atoms with Gasteiger partial charge in [-0.15, -0.1) is 0 Å². The molecule has 0 heterocycles.